The van der Waals surface area contributed by atoms with Crippen molar-refractivity contribution in [2.45, 2.75) is 84.0 Å². The van der Waals surface area contributed by atoms with Gasteiger partial charge in [0.2, 0.25) is 0 Å². The lowest BCUT2D eigenvalue weighted by Gasteiger charge is -2.31. The molecule has 0 aliphatic heterocycles. The van der Waals surface area contributed by atoms with E-state index in [9.17, 15) is 0 Å². The fraction of sp³-hybridized carbons (Fsp3) is 0.188. The predicted octanol–water partition coefficient (Wildman–Crippen LogP) is 19.9. The Balaban J connectivity index is 0.832. The summed E-state index contributed by atoms with van der Waals surface area (Å²) in [5, 5.41) is 0. The van der Waals surface area contributed by atoms with Gasteiger partial charge in [-0.15, -0.1) is 22.7 Å². The molecule has 0 atom stereocenters. The van der Waals surface area contributed by atoms with Crippen LogP contribution in [0, 0.1) is 0 Å². The van der Waals surface area contributed by atoms with Gasteiger partial charge in [0.15, 0.2) is 0 Å². The summed E-state index contributed by atoms with van der Waals surface area (Å²) in [5.74, 6) is 0. The van der Waals surface area contributed by atoms with Crippen molar-refractivity contribution in [3.63, 3.8) is 0 Å². The predicted molar refractivity (Wildman–Crippen MR) is 309 cm³/mol. The third kappa shape index (κ3) is 6.74. The fourth-order valence-corrected chi connectivity index (χ4v) is 15.1. The Hall–Kier alpha value is -6.84. The average Bonchev–Trinajstić information content (AvgIpc) is 4.21. The summed E-state index contributed by atoms with van der Waals surface area (Å²) in [6, 6.07) is 51.3. The van der Waals surface area contributed by atoms with Gasteiger partial charge in [-0.05, 0) is 161 Å². The van der Waals surface area contributed by atoms with Crippen LogP contribution < -0.4 is 0 Å². The molecule has 348 valence electrons. The first-order chi connectivity index (χ1) is 34.2. The highest BCUT2D eigenvalue weighted by atomic mass is 32.1. The second-order valence-corrected chi connectivity index (χ2v) is 24.2. The van der Waals surface area contributed by atoms with Crippen LogP contribution in [0.25, 0.3) is 80.7 Å². The molecule has 0 radical (unpaired) electrons. The second kappa shape index (κ2) is 16.4. The topological polar surface area (TPSA) is 0 Å². The molecule has 8 aromatic rings. The fourth-order valence-electron chi connectivity index (χ4n) is 13.0. The number of benzene rings is 6. The van der Waals surface area contributed by atoms with E-state index in [1.807, 2.05) is 34.8 Å². The van der Waals surface area contributed by atoms with Gasteiger partial charge < -0.3 is 0 Å². The first-order valence-electron chi connectivity index (χ1n) is 25.2. The second-order valence-electron chi connectivity index (χ2n) is 22.0. The molecule has 0 spiro atoms. The number of thiophene rings is 2. The lowest BCUT2D eigenvalue weighted by atomic mass is 9.71. The van der Waals surface area contributed by atoms with E-state index in [0.29, 0.717) is 0 Å². The van der Waals surface area contributed by atoms with Crippen molar-refractivity contribution in [1.29, 1.82) is 0 Å². The quantitative estimate of drug-likeness (QED) is 0.127. The SMILES string of the molecule is C=C/C=C/C=C/C1=C(/C=C\C=C/C)c2ccc3c(c2C1(C)C)C(C)(C)c1cc(-c2ccc(-c4ccc(-c5ccc6c(c5)C(C)(C)c5c-6ccc6c5C(C)(C)c5cc(-c7ccccc7)ccc5-6)s4)s2)ccc1-3. The Labute approximate surface area is 429 Å². The van der Waals surface area contributed by atoms with Gasteiger partial charge in [-0.1, -0.05) is 208 Å². The van der Waals surface area contributed by atoms with E-state index in [2.05, 4.69) is 245 Å². The lowest BCUT2D eigenvalue weighted by molar-refractivity contribution is 0.597. The van der Waals surface area contributed by atoms with Crippen molar-refractivity contribution >= 4 is 28.2 Å². The highest BCUT2D eigenvalue weighted by molar-refractivity contribution is 7.25. The van der Waals surface area contributed by atoms with Gasteiger partial charge in [-0.25, -0.2) is 0 Å². The van der Waals surface area contributed by atoms with Crippen molar-refractivity contribution in [3.8, 4) is 75.1 Å². The largest absolute Gasteiger partial charge is 0.134 e. The summed E-state index contributed by atoms with van der Waals surface area (Å²) in [7, 11) is 0. The minimum atomic E-state index is -0.182. The number of hydrogen-bond donors (Lipinski definition) is 0. The van der Waals surface area contributed by atoms with Crippen molar-refractivity contribution in [3.05, 3.63) is 245 Å². The van der Waals surface area contributed by atoms with Crippen molar-refractivity contribution in [1.82, 2.24) is 0 Å². The Bertz CT molecular complexity index is 3710. The van der Waals surface area contributed by atoms with Crippen LogP contribution in [0.3, 0.4) is 0 Å². The van der Waals surface area contributed by atoms with E-state index in [4.69, 9.17) is 0 Å². The van der Waals surface area contributed by atoms with Gasteiger partial charge in [0, 0.05) is 41.2 Å². The first kappa shape index (κ1) is 45.3. The molecule has 12 rings (SSSR count). The maximum absolute atomic E-state index is 3.87. The van der Waals surface area contributed by atoms with E-state index in [1.165, 1.54) is 131 Å². The zero-order valence-corrected chi connectivity index (χ0v) is 44.1. The molecule has 0 unspecified atom stereocenters. The lowest BCUT2D eigenvalue weighted by Crippen LogP contribution is -2.25. The van der Waals surface area contributed by atoms with Gasteiger partial charge in [0.1, 0.15) is 0 Å². The Morgan fingerprint density at radius 2 is 0.789 bits per heavy atom. The molecule has 4 aliphatic carbocycles. The summed E-state index contributed by atoms with van der Waals surface area (Å²) in [6.45, 7) is 25.4. The van der Waals surface area contributed by atoms with Crippen molar-refractivity contribution < 1.29 is 0 Å². The molecule has 6 aromatic carbocycles. The van der Waals surface area contributed by atoms with E-state index < -0.39 is 0 Å². The molecule has 0 fully saturated rings. The summed E-state index contributed by atoms with van der Waals surface area (Å²) in [4.78, 5) is 5.24. The molecular formula is C69H60S2. The van der Waals surface area contributed by atoms with Gasteiger partial charge in [-0.3, -0.25) is 0 Å². The minimum Gasteiger partial charge on any atom is -0.134 e. The molecule has 0 bridgehead atoms. The molecule has 0 N–H and O–H groups in total. The van der Waals surface area contributed by atoms with Crippen LogP contribution in [-0.2, 0) is 21.7 Å². The van der Waals surface area contributed by atoms with Gasteiger partial charge in [-0.2, -0.15) is 0 Å². The molecule has 0 saturated heterocycles. The standard InChI is InChI=1S/C69H60S2/c1-11-13-15-20-24-54-46(23-17-14-12-2)50-31-32-52-48-29-26-44(40-56(48)68(7,8)63(52)62(50)66(54,3)4)58-35-37-60(70-58)61-38-36-59(71-61)45-27-30-49-53-34-33-51-47-28-25-43(42-21-18-16-19-22-42)39-55(47)67(5,6)64(51)65(53)69(9,10)57(49)41-45/h11-41H,1H2,2-10H3/b14-12-,15-13+,23-17-,24-20+. The molecule has 0 amide bonds. The first-order valence-corrected chi connectivity index (χ1v) is 26.9. The van der Waals surface area contributed by atoms with E-state index in [-0.39, 0.29) is 21.7 Å². The molecule has 0 nitrogen and oxygen atoms in total. The molecule has 2 aromatic heterocycles. The van der Waals surface area contributed by atoms with Crippen LogP contribution in [0.2, 0.25) is 0 Å². The molecule has 2 heterocycles. The zero-order chi connectivity index (χ0) is 49.2. The van der Waals surface area contributed by atoms with Gasteiger partial charge in [0.25, 0.3) is 0 Å². The molecule has 0 saturated carbocycles. The molecule has 4 aliphatic rings. The summed E-state index contributed by atoms with van der Waals surface area (Å²) >= 11 is 3.82. The van der Waals surface area contributed by atoms with Gasteiger partial charge >= 0.3 is 0 Å². The van der Waals surface area contributed by atoms with Crippen LogP contribution in [0.4, 0.5) is 0 Å². The van der Waals surface area contributed by atoms with Crippen LogP contribution in [0.15, 0.2) is 200 Å². The smallest absolute Gasteiger partial charge is 0.0449 e. The van der Waals surface area contributed by atoms with Crippen molar-refractivity contribution in [2.24, 2.45) is 0 Å². The summed E-state index contributed by atoms with van der Waals surface area (Å²) < 4.78 is 0. The van der Waals surface area contributed by atoms with E-state index >= 15 is 0 Å². The zero-order valence-electron chi connectivity index (χ0n) is 42.4. The Morgan fingerprint density at radius 1 is 0.366 bits per heavy atom. The monoisotopic (exact) mass is 952 g/mol. The van der Waals surface area contributed by atoms with E-state index in [1.54, 1.807) is 0 Å². The average molecular weight is 953 g/mol. The maximum Gasteiger partial charge on any atom is 0.0449 e. The third-order valence-corrected chi connectivity index (χ3v) is 18.9. The highest BCUT2D eigenvalue weighted by Gasteiger charge is 2.47. The summed E-state index contributed by atoms with van der Waals surface area (Å²) in [6.07, 6.45) is 19.0. The third-order valence-electron chi connectivity index (χ3n) is 16.4. The summed E-state index contributed by atoms with van der Waals surface area (Å²) in [5.41, 5.74) is 26.9. The highest BCUT2D eigenvalue weighted by Crippen LogP contribution is 2.61. The molecule has 2 heteroatoms. The van der Waals surface area contributed by atoms with Crippen LogP contribution in [0.5, 0.6) is 0 Å². The number of hydrogen-bond acceptors (Lipinski definition) is 2. The van der Waals surface area contributed by atoms with Crippen LogP contribution in [-0.4, -0.2) is 0 Å². The molecule has 71 heavy (non-hydrogen) atoms. The number of rotatable bonds is 9. The van der Waals surface area contributed by atoms with E-state index in [0.717, 1.165) is 0 Å². The van der Waals surface area contributed by atoms with Crippen LogP contribution >= 0.6 is 22.7 Å². The maximum atomic E-state index is 3.87. The van der Waals surface area contributed by atoms with Gasteiger partial charge in [0.05, 0.1) is 0 Å². The van der Waals surface area contributed by atoms with Crippen molar-refractivity contribution in [2.75, 3.05) is 0 Å². The Morgan fingerprint density at radius 3 is 1.28 bits per heavy atom. The molecular weight excluding hydrogens is 893 g/mol. The number of allylic oxidation sites excluding steroid dienone is 11. The minimum absolute atomic E-state index is 0.124. The number of fused-ring (bicyclic) bond motifs is 12. The Kier molecular flexibility index (Phi) is 10.4. The normalized spacial score (nSPS) is 17.0. The van der Waals surface area contributed by atoms with Crippen LogP contribution in [0.1, 0.15) is 107 Å².